The Morgan fingerprint density at radius 2 is 2.11 bits per heavy atom. The molecule has 4 nitrogen and oxygen atoms in total. The van der Waals surface area contributed by atoms with Gasteiger partial charge in [-0.25, -0.2) is 8.42 Å². The van der Waals surface area contributed by atoms with Gasteiger partial charge < -0.3 is 10.1 Å². The molecule has 6 heteroatoms. The third-order valence-electron chi connectivity index (χ3n) is 2.43. The lowest BCUT2D eigenvalue weighted by Crippen LogP contribution is -2.18. The Bertz CT molecular complexity index is 488. The number of ether oxygens (including phenoxy) is 1. The maximum Gasteiger partial charge on any atom is 0.147 e. The van der Waals surface area contributed by atoms with Gasteiger partial charge in [0.2, 0.25) is 0 Å². The number of methoxy groups -OCH3 is 1. The summed E-state index contributed by atoms with van der Waals surface area (Å²) in [4.78, 5) is 0. The van der Waals surface area contributed by atoms with Gasteiger partial charge in [-0.1, -0.05) is 11.6 Å². The molecule has 0 aliphatic heterocycles. The van der Waals surface area contributed by atoms with Crippen molar-refractivity contribution in [1.82, 2.24) is 5.32 Å². The van der Waals surface area contributed by atoms with Gasteiger partial charge in [-0.05, 0) is 31.2 Å². The molecule has 1 aromatic rings. The molecule has 0 aliphatic carbocycles. The van der Waals surface area contributed by atoms with Crippen LogP contribution in [0.5, 0.6) is 5.75 Å². The number of hydrogen-bond donors (Lipinski definition) is 1. The Hall–Kier alpha value is -0.780. The standard InChI is InChI=1S/C12H18ClNO3S/c1-17-12-5-4-11(13)8-10(12)9-14-6-3-7-18(2,15)16/h4-5,8,14H,3,6-7,9H2,1-2H3. The van der Waals surface area contributed by atoms with Crippen LogP contribution < -0.4 is 10.1 Å². The number of rotatable bonds is 7. The van der Waals surface area contributed by atoms with Gasteiger partial charge in [0.15, 0.2) is 0 Å². The van der Waals surface area contributed by atoms with E-state index in [1.807, 2.05) is 12.1 Å². The second-order valence-corrected chi connectivity index (χ2v) is 6.81. The van der Waals surface area contributed by atoms with Crippen LogP contribution in [0.1, 0.15) is 12.0 Å². The number of hydrogen-bond acceptors (Lipinski definition) is 4. The highest BCUT2D eigenvalue weighted by Gasteiger charge is 2.04. The van der Waals surface area contributed by atoms with Gasteiger partial charge in [0.25, 0.3) is 0 Å². The lowest BCUT2D eigenvalue weighted by atomic mass is 10.2. The van der Waals surface area contributed by atoms with E-state index in [-0.39, 0.29) is 5.75 Å². The smallest absolute Gasteiger partial charge is 0.147 e. The third-order valence-corrected chi connectivity index (χ3v) is 3.69. The molecule has 0 saturated carbocycles. The minimum absolute atomic E-state index is 0.201. The summed E-state index contributed by atoms with van der Waals surface area (Å²) in [5.41, 5.74) is 0.962. The van der Waals surface area contributed by atoms with E-state index in [4.69, 9.17) is 16.3 Å². The summed E-state index contributed by atoms with van der Waals surface area (Å²) in [5, 5.41) is 3.83. The zero-order chi connectivity index (χ0) is 13.6. The molecule has 18 heavy (non-hydrogen) atoms. The summed E-state index contributed by atoms with van der Waals surface area (Å²) in [6, 6.07) is 5.42. The fourth-order valence-corrected chi connectivity index (χ4v) is 2.43. The Kier molecular flexibility index (Phi) is 5.91. The Balaban J connectivity index is 2.41. The summed E-state index contributed by atoms with van der Waals surface area (Å²) < 4.78 is 27.1. The highest BCUT2D eigenvalue weighted by Crippen LogP contribution is 2.22. The molecule has 0 unspecified atom stereocenters. The molecule has 0 spiro atoms. The molecule has 0 atom stereocenters. The predicted molar refractivity (Wildman–Crippen MR) is 74.0 cm³/mol. The van der Waals surface area contributed by atoms with Crippen LogP contribution in [0.25, 0.3) is 0 Å². The largest absolute Gasteiger partial charge is 0.496 e. The van der Waals surface area contributed by atoms with E-state index < -0.39 is 9.84 Å². The molecule has 0 heterocycles. The summed E-state index contributed by atoms with van der Waals surface area (Å²) in [6.07, 6.45) is 1.84. The summed E-state index contributed by atoms with van der Waals surface area (Å²) >= 11 is 5.91. The second-order valence-electron chi connectivity index (χ2n) is 4.12. The van der Waals surface area contributed by atoms with Crippen molar-refractivity contribution in [3.05, 3.63) is 28.8 Å². The monoisotopic (exact) mass is 291 g/mol. The molecule has 1 rings (SSSR count). The summed E-state index contributed by atoms with van der Waals surface area (Å²) in [5.74, 6) is 0.974. The Labute approximate surface area is 113 Å². The molecule has 0 amide bonds. The Morgan fingerprint density at radius 1 is 1.39 bits per heavy atom. The van der Waals surface area contributed by atoms with Crippen molar-refractivity contribution in [1.29, 1.82) is 0 Å². The van der Waals surface area contributed by atoms with E-state index in [1.54, 1.807) is 13.2 Å². The minimum Gasteiger partial charge on any atom is -0.496 e. The van der Waals surface area contributed by atoms with Crippen molar-refractivity contribution in [3.63, 3.8) is 0 Å². The van der Waals surface area contributed by atoms with Crippen LogP contribution in [0.2, 0.25) is 5.02 Å². The lowest BCUT2D eigenvalue weighted by Gasteiger charge is -2.10. The van der Waals surface area contributed by atoms with Gasteiger partial charge in [0, 0.05) is 23.4 Å². The molecule has 0 bridgehead atoms. The first-order valence-electron chi connectivity index (χ1n) is 5.63. The summed E-state index contributed by atoms with van der Waals surface area (Å²) in [6.45, 7) is 1.25. The average Bonchev–Trinajstić information content (AvgIpc) is 2.27. The molecule has 1 N–H and O–H groups in total. The quantitative estimate of drug-likeness (QED) is 0.779. The van der Waals surface area contributed by atoms with Crippen molar-refractivity contribution < 1.29 is 13.2 Å². The van der Waals surface area contributed by atoms with Gasteiger partial charge in [0.1, 0.15) is 15.6 Å². The van der Waals surface area contributed by atoms with Crippen molar-refractivity contribution >= 4 is 21.4 Å². The molecule has 0 saturated heterocycles. The van der Waals surface area contributed by atoms with Crippen molar-refractivity contribution in [2.45, 2.75) is 13.0 Å². The maximum atomic E-state index is 10.9. The van der Waals surface area contributed by atoms with E-state index in [2.05, 4.69) is 5.32 Å². The second kappa shape index (κ2) is 6.97. The molecular weight excluding hydrogens is 274 g/mol. The summed E-state index contributed by atoms with van der Waals surface area (Å²) in [7, 11) is -1.27. The first-order chi connectivity index (χ1) is 8.42. The number of nitrogens with one attached hydrogen (secondary N) is 1. The molecule has 0 radical (unpaired) electrons. The zero-order valence-electron chi connectivity index (χ0n) is 10.6. The van der Waals surface area contributed by atoms with Crippen LogP contribution in [-0.2, 0) is 16.4 Å². The number of sulfone groups is 1. The van der Waals surface area contributed by atoms with Crippen LogP contribution in [0, 0.1) is 0 Å². The van der Waals surface area contributed by atoms with Gasteiger partial charge in [-0.3, -0.25) is 0 Å². The van der Waals surface area contributed by atoms with Crippen LogP contribution in [-0.4, -0.2) is 34.1 Å². The van der Waals surface area contributed by atoms with Crippen LogP contribution >= 0.6 is 11.6 Å². The average molecular weight is 292 g/mol. The number of benzene rings is 1. The topological polar surface area (TPSA) is 55.4 Å². The molecular formula is C12H18ClNO3S. The van der Waals surface area contributed by atoms with E-state index in [0.29, 0.717) is 24.5 Å². The van der Waals surface area contributed by atoms with Crippen LogP contribution in [0.15, 0.2) is 18.2 Å². The van der Waals surface area contributed by atoms with Gasteiger partial charge in [0.05, 0.1) is 12.9 Å². The minimum atomic E-state index is -2.87. The van der Waals surface area contributed by atoms with Crippen LogP contribution in [0.4, 0.5) is 0 Å². The predicted octanol–water partition coefficient (Wildman–Crippen LogP) is 1.87. The van der Waals surface area contributed by atoms with Crippen molar-refractivity contribution in [2.75, 3.05) is 25.7 Å². The molecule has 1 aromatic carbocycles. The zero-order valence-corrected chi connectivity index (χ0v) is 12.1. The third kappa shape index (κ3) is 5.71. The van der Waals surface area contributed by atoms with Crippen molar-refractivity contribution in [3.8, 4) is 5.75 Å². The van der Waals surface area contributed by atoms with E-state index in [9.17, 15) is 8.42 Å². The Morgan fingerprint density at radius 3 is 2.72 bits per heavy atom. The fourth-order valence-electron chi connectivity index (χ4n) is 1.57. The van der Waals surface area contributed by atoms with Crippen molar-refractivity contribution in [2.24, 2.45) is 0 Å². The molecule has 102 valence electrons. The van der Waals surface area contributed by atoms with Gasteiger partial charge in [-0.15, -0.1) is 0 Å². The lowest BCUT2D eigenvalue weighted by molar-refractivity contribution is 0.407. The molecule has 0 aromatic heterocycles. The maximum absolute atomic E-state index is 10.9. The van der Waals surface area contributed by atoms with Gasteiger partial charge >= 0.3 is 0 Å². The SMILES string of the molecule is COc1ccc(Cl)cc1CNCCCS(C)(=O)=O. The van der Waals surface area contributed by atoms with E-state index in [0.717, 1.165) is 11.3 Å². The van der Waals surface area contributed by atoms with E-state index in [1.165, 1.54) is 6.26 Å². The number of halogens is 1. The first-order valence-corrected chi connectivity index (χ1v) is 8.07. The van der Waals surface area contributed by atoms with E-state index >= 15 is 0 Å². The normalized spacial score (nSPS) is 11.5. The molecule has 0 fully saturated rings. The first kappa shape index (κ1) is 15.3. The van der Waals surface area contributed by atoms with Crippen LogP contribution in [0.3, 0.4) is 0 Å². The highest BCUT2D eigenvalue weighted by atomic mass is 35.5. The van der Waals surface area contributed by atoms with Gasteiger partial charge in [-0.2, -0.15) is 0 Å². The fraction of sp³-hybridized carbons (Fsp3) is 0.500. The molecule has 0 aliphatic rings. The highest BCUT2D eigenvalue weighted by molar-refractivity contribution is 7.90.